The Morgan fingerprint density at radius 2 is 1.34 bits per heavy atom. The van der Waals surface area contributed by atoms with Crippen molar-refractivity contribution >= 4 is 47.4 Å². The third-order valence-electron chi connectivity index (χ3n) is 7.45. The van der Waals surface area contributed by atoms with Crippen LogP contribution < -0.4 is 38.5 Å². The largest absolute Gasteiger partial charge is 0.481 e. The van der Waals surface area contributed by atoms with Gasteiger partial charge in [-0.05, 0) is 64.5 Å². The van der Waals surface area contributed by atoms with E-state index in [1.165, 1.54) is 4.90 Å². The van der Waals surface area contributed by atoms with Crippen LogP contribution in [0.3, 0.4) is 0 Å². The summed E-state index contributed by atoms with van der Waals surface area (Å²) in [6.45, 7) is 0.248. The summed E-state index contributed by atoms with van der Waals surface area (Å²) in [5, 5.41) is 37.1. The minimum Gasteiger partial charge on any atom is -0.481 e. The second-order valence-corrected chi connectivity index (χ2v) is 11.2. The van der Waals surface area contributed by atoms with Gasteiger partial charge in [0.05, 0.1) is 19.0 Å². The zero-order chi connectivity index (χ0) is 35.5. The maximum Gasteiger partial charge on any atom is 0.326 e. The highest BCUT2D eigenvalue weighted by atomic mass is 16.4. The average molecular weight is 673 g/mol. The molecule has 266 valence electrons. The Balaban J connectivity index is 2.92. The van der Waals surface area contributed by atoms with E-state index < -0.39 is 103 Å². The molecule has 0 aromatic rings. The fourth-order valence-electron chi connectivity index (χ4n) is 4.85. The number of carboxylic acids is 3. The third-order valence-corrected chi connectivity index (χ3v) is 7.45. The minimum absolute atomic E-state index is 0.150. The van der Waals surface area contributed by atoms with Crippen LogP contribution in [0.5, 0.6) is 0 Å². The predicted octanol–water partition coefficient (Wildman–Crippen LogP) is -3.44. The monoisotopic (exact) mass is 672 g/mol. The Morgan fingerprint density at radius 1 is 0.723 bits per heavy atom. The zero-order valence-electron chi connectivity index (χ0n) is 26.3. The second-order valence-electron chi connectivity index (χ2n) is 11.2. The van der Waals surface area contributed by atoms with Crippen LogP contribution in [0.1, 0.15) is 70.6 Å². The first kappa shape index (κ1) is 40.7. The number of hydrogen-bond donors (Lipinski definition) is 10. The third kappa shape index (κ3) is 15.2. The molecule has 0 spiro atoms. The fraction of sp³-hybridized carbons (Fsp3) is 0.714. The maximum atomic E-state index is 13.0. The van der Waals surface area contributed by atoms with Crippen molar-refractivity contribution in [3.05, 3.63) is 0 Å². The highest BCUT2D eigenvalue weighted by molar-refractivity contribution is 5.96. The van der Waals surface area contributed by atoms with Gasteiger partial charge in [0, 0.05) is 13.0 Å². The number of unbranched alkanes of at least 4 members (excludes halogenated alkanes) is 2. The normalized spacial score (nSPS) is 16.7. The van der Waals surface area contributed by atoms with E-state index in [-0.39, 0.29) is 25.8 Å². The first-order chi connectivity index (χ1) is 22.2. The van der Waals surface area contributed by atoms with Crippen molar-refractivity contribution in [1.29, 1.82) is 0 Å². The summed E-state index contributed by atoms with van der Waals surface area (Å²) >= 11 is 0. The lowest BCUT2D eigenvalue weighted by Crippen LogP contribution is -2.57. The molecular weight excluding hydrogens is 624 g/mol. The lowest BCUT2D eigenvalue weighted by Gasteiger charge is -2.26. The number of aliphatic carboxylic acids is 3. The van der Waals surface area contributed by atoms with Crippen molar-refractivity contribution in [3.63, 3.8) is 0 Å². The Morgan fingerprint density at radius 3 is 1.91 bits per heavy atom. The lowest BCUT2D eigenvalue weighted by atomic mass is 10.1. The summed E-state index contributed by atoms with van der Waals surface area (Å²) in [5.41, 5.74) is 16.7. The quantitative estimate of drug-likeness (QED) is 0.0472. The number of amides is 5. The smallest absolute Gasteiger partial charge is 0.326 e. The molecule has 13 N–H and O–H groups in total. The van der Waals surface area contributed by atoms with Gasteiger partial charge in [-0.3, -0.25) is 33.6 Å². The molecule has 5 atom stereocenters. The Bertz CT molecular complexity index is 1120. The second kappa shape index (κ2) is 21.4. The van der Waals surface area contributed by atoms with E-state index >= 15 is 0 Å². The van der Waals surface area contributed by atoms with Gasteiger partial charge in [-0.1, -0.05) is 6.42 Å². The van der Waals surface area contributed by atoms with E-state index in [0.717, 1.165) is 0 Å². The molecule has 0 radical (unpaired) electrons. The number of rotatable bonds is 23. The van der Waals surface area contributed by atoms with Crippen LogP contribution in [0.2, 0.25) is 0 Å². The van der Waals surface area contributed by atoms with E-state index in [4.69, 9.17) is 22.3 Å². The zero-order valence-corrected chi connectivity index (χ0v) is 26.3. The average Bonchev–Trinajstić information content (AvgIpc) is 3.51. The van der Waals surface area contributed by atoms with Crippen molar-refractivity contribution in [2.75, 3.05) is 26.2 Å². The van der Waals surface area contributed by atoms with E-state index in [1.807, 2.05) is 0 Å². The summed E-state index contributed by atoms with van der Waals surface area (Å²) in [6, 6.07) is -6.42. The first-order valence-electron chi connectivity index (χ1n) is 15.5. The molecule has 19 heteroatoms. The van der Waals surface area contributed by atoms with Gasteiger partial charge in [0.25, 0.3) is 0 Å². The molecule has 0 saturated carbocycles. The maximum absolute atomic E-state index is 13.0. The van der Waals surface area contributed by atoms with E-state index in [2.05, 4.69) is 21.3 Å². The van der Waals surface area contributed by atoms with Crippen LogP contribution >= 0.6 is 0 Å². The standard InChI is InChI=1S/C28H48N8O11/c29-11-3-1-6-16(31)24(42)35-19(14-23(40)41)26(44)33-17(9-10-22(38)39)25(43)32-15-21(37)36-13-5-8-20(36)27(45)34-18(28(46)47)7-2-4-12-30/h16-20H,1-15,29-31H2,(H,32,43)(H,33,44)(H,34,45)(H,35,42)(H,38,39)(H,40,41)(H,46,47)/t16-,17-,18-,19-,20-/m0/s1. The fourth-order valence-corrected chi connectivity index (χ4v) is 4.85. The molecule has 1 heterocycles. The van der Waals surface area contributed by atoms with E-state index in [1.54, 1.807) is 0 Å². The van der Waals surface area contributed by atoms with Crippen LogP contribution in [0, 0.1) is 0 Å². The molecule has 1 aliphatic rings. The lowest BCUT2D eigenvalue weighted by molar-refractivity contribution is -0.144. The Hall–Kier alpha value is -4.36. The summed E-state index contributed by atoms with van der Waals surface area (Å²) < 4.78 is 0. The van der Waals surface area contributed by atoms with Crippen LogP contribution in [0.4, 0.5) is 0 Å². The number of nitrogens with two attached hydrogens (primary N) is 3. The summed E-state index contributed by atoms with van der Waals surface area (Å²) in [6.07, 6.45) is 1.31. The van der Waals surface area contributed by atoms with Gasteiger partial charge in [-0.25, -0.2) is 4.79 Å². The Kier molecular flexibility index (Phi) is 18.5. The molecular formula is C28H48N8O11. The Labute approximate surface area is 271 Å². The van der Waals surface area contributed by atoms with Gasteiger partial charge >= 0.3 is 17.9 Å². The molecule has 47 heavy (non-hydrogen) atoms. The highest BCUT2D eigenvalue weighted by Gasteiger charge is 2.36. The number of carbonyl (C=O) groups is 8. The van der Waals surface area contributed by atoms with Crippen LogP contribution in [0.15, 0.2) is 0 Å². The van der Waals surface area contributed by atoms with E-state index in [0.29, 0.717) is 45.2 Å². The number of likely N-dealkylation sites (tertiary alicyclic amines) is 1. The summed E-state index contributed by atoms with van der Waals surface area (Å²) in [7, 11) is 0. The van der Waals surface area contributed by atoms with Crippen molar-refractivity contribution < 1.29 is 53.7 Å². The molecule has 0 aliphatic carbocycles. The summed E-state index contributed by atoms with van der Waals surface area (Å²) in [4.78, 5) is 99.8. The molecule has 1 fully saturated rings. The number of nitrogens with one attached hydrogen (secondary N) is 4. The SMILES string of the molecule is NCCCC[C@H](NC(=O)[C@@H]1CCCN1C(=O)CNC(=O)[C@H](CCC(=O)O)NC(=O)[C@H](CC(=O)O)NC(=O)[C@@H](N)CCCCN)C(=O)O. The molecule has 1 saturated heterocycles. The first-order valence-corrected chi connectivity index (χ1v) is 15.5. The van der Waals surface area contributed by atoms with Gasteiger partial charge in [-0.2, -0.15) is 0 Å². The van der Waals surface area contributed by atoms with E-state index in [9.17, 15) is 48.6 Å². The number of nitrogens with zero attached hydrogens (tertiary/aromatic N) is 1. The molecule has 1 aliphatic heterocycles. The van der Waals surface area contributed by atoms with Gasteiger partial charge < -0.3 is 58.7 Å². The topological polar surface area (TPSA) is 327 Å². The van der Waals surface area contributed by atoms with Gasteiger partial charge in [-0.15, -0.1) is 0 Å². The van der Waals surface area contributed by atoms with Gasteiger partial charge in [0.2, 0.25) is 29.5 Å². The highest BCUT2D eigenvalue weighted by Crippen LogP contribution is 2.18. The van der Waals surface area contributed by atoms with Gasteiger partial charge in [0.1, 0.15) is 24.2 Å². The summed E-state index contributed by atoms with van der Waals surface area (Å²) in [5.74, 6) is -8.22. The minimum atomic E-state index is -1.66. The number of carboxylic acid groups (broad SMARTS) is 3. The van der Waals surface area contributed by atoms with Crippen molar-refractivity contribution in [2.45, 2.75) is 101 Å². The molecule has 0 bridgehead atoms. The van der Waals surface area contributed by atoms with Crippen molar-refractivity contribution in [1.82, 2.24) is 26.2 Å². The van der Waals surface area contributed by atoms with Crippen LogP contribution in [0.25, 0.3) is 0 Å². The predicted molar refractivity (Wildman–Crippen MR) is 164 cm³/mol. The molecule has 5 amide bonds. The van der Waals surface area contributed by atoms with Crippen LogP contribution in [-0.2, 0) is 38.4 Å². The molecule has 0 aromatic carbocycles. The van der Waals surface area contributed by atoms with Crippen LogP contribution in [-0.4, -0.2) is 124 Å². The van der Waals surface area contributed by atoms with Gasteiger partial charge in [0.15, 0.2) is 0 Å². The van der Waals surface area contributed by atoms with Crippen molar-refractivity contribution in [2.24, 2.45) is 17.2 Å². The molecule has 0 aromatic heterocycles. The molecule has 19 nitrogen and oxygen atoms in total. The number of carbonyl (C=O) groups excluding carboxylic acids is 5. The van der Waals surface area contributed by atoms with Crippen molar-refractivity contribution in [3.8, 4) is 0 Å². The molecule has 0 unspecified atom stereocenters. The number of hydrogen-bond acceptors (Lipinski definition) is 11. The molecule has 1 rings (SSSR count).